The number of ether oxygens (including phenoxy) is 1. The molecule has 0 atom stereocenters. The Kier molecular flexibility index (Phi) is 6.66. The maximum atomic E-state index is 13.4. The molecule has 0 N–H and O–H groups in total. The van der Waals surface area contributed by atoms with E-state index in [1.165, 1.54) is 24.3 Å². The predicted molar refractivity (Wildman–Crippen MR) is 125 cm³/mol. The van der Waals surface area contributed by atoms with Crippen molar-refractivity contribution in [2.45, 2.75) is 44.8 Å². The molecule has 2 aromatic rings. The third-order valence-corrected chi connectivity index (χ3v) is 6.58. The van der Waals surface area contributed by atoms with Gasteiger partial charge in [0.1, 0.15) is 11.6 Å². The van der Waals surface area contributed by atoms with Gasteiger partial charge in [0.15, 0.2) is 5.60 Å². The highest BCUT2D eigenvalue weighted by Gasteiger charge is 2.50. The number of amides is 1. The molecule has 4 rings (SSSR count). The standard InChI is InChI=1S/C27H30F2N2O2/c1-19(2)31-20(3)27(33-26(31)32)14-17-30(18-15-27)16-4-5-25(21-6-10-23(28)11-7-21)22-8-12-24(29)13-9-22/h5-13,19H,3-4,14-18H2,1-2H3. The van der Waals surface area contributed by atoms with Gasteiger partial charge in [0, 0.05) is 38.5 Å². The zero-order valence-corrected chi connectivity index (χ0v) is 19.2. The van der Waals surface area contributed by atoms with Crippen molar-refractivity contribution in [2.75, 3.05) is 19.6 Å². The minimum atomic E-state index is -0.582. The Hall–Kier alpha value is -2.99. The fourth-order valence-electron chi connectivity index (χ4n) is 4.71. The van der Waals surface area contributed by atoms with Gasteiger partial charge in [-0.3, -0.25) is 4.90 Å². The molecule has 4 nitrogen and oxygen atoms in total. The number of nitrogens with zero attached hydrogens (tertiary/aromatic N) is 2. The van der Waals surface area contributed by atoms with Crippen LogP contribution in [0.4, 0.5) is 13.6 Å². The molecule has 2 aliphatic heterocycles. The van der Waals surface area contributed by atoms with Gasteiger partial charge in [0.05, 0.1) is 5.70 Å². The van der Waals surface area contributed by atoms with Crippen LogP contribution in [0.15, 0.2) is 66.9 Å². The Balaban J connectivity index is 1.42. The van der Waals surface area contributed by atoms with Crippen molar-refractivity contribution >= 4 is 11.7 Å². The van der Waals surface area contributed by atoms with Crippen LogP contribution in [0.25, 0.3) is 5.57 Å². The molecule has 33 heavy (non-hydrogen) atoms. The van der Waals surface area contributed by atoms with Gasteiger partial charge >= 0.3 is 6.09 Å². The molecule has 0 saturated carbocycles. The molecule has 0 unspecified atom stereocenters. The average Bonchev–Trinajstić information content (AvgIpc) is 3.03. The van der Waals surface area contributed by atoms with Crippen LogP contribution < -0.4 is 0 Å². The van der Waals surface area contributed by atoms with Crippen molar-refractivity contribution in [3.8, 4) is 0 Å². The summed E-state index contributed by atoms with van der Waals surface area (Å²) >= 11 is 0. The van der Waals surface area contributed by atoms with Crippen molar-refractivity contribution in [1.82, 2.24) is 9.80 Å². The molecule has 6 heteroatoms. The van der Waals surface area contributed by atoms with Crippen LogP contribution in [0.3, 0.4) is 0 Å². The van der Waals surface area contributed by atoms with E-state index in [9.17, 15) is 13.6 Å². The zero-order chi connectivity index (χ0) is 23.6. The Labute approximate surface area is 194 Å². The van der Waals surface area contributed by atoms with Crippen LogP contribution in [-0.4, -0.2) is 47.2 Å². The largest absolute Gasteiger partial charge is 0.436 e. The van der Waals surface area contributed by atoms with Crippen molar-refractivity contribution < 1.29 is 18.3 Å². The minimum Gasteiger partial charge on any atom is -0.436 e. The van der Waals surface area contributed by atoms with Gasteiger partial charge in [-0.2, -0.15) is 0 Å². The molecule has 0 aromatic heterocycles. The fourth-order valence-corrected chi connectivity index (χ4v) is 4.71. The number of hydrogen-bond acceptors (Lipinski definition) is 3. The lowest BCUT2D eigenvalue weighted by Crippen LogP contribution is -2.46. The van der Waals surface area contributed by atoms with E-state index in [1.54, 1.807) is 29.2 Å². The summed E-state index contributed by atoms with van der Waals surface area (Å²) in [5.41, 5.74) is 2.93. The van der Waals surface area contributed by atoms with Gasteiger partial charge in [-0.15, -0.1) is 0 Å². The molecule has 1 amide bonds. The highest BCUT2D eigenvalue weighted by atomic mass is 19.1. The number of likely N-dealkylation sites (tertiary alicyclic amines) is 1. The van der Waals surface area contributed by atoms with E-state index in [0.717, 1.165) is 61.3 Å². The number of rotatable bonds is 6. The van der Waals surface area contributed by atoms with E-state index in [0.29, 0.717) is 0 Å². The summed E-state index contributed by atoms with van der Waals surface area (Å²) in [5.74, 6) is -0.575. The van der Waals surface area contributed by atoms with E-state index in [1.807, 2.05) is 13.8 Å². The lowest BCUT2D eigenvalue weighted by atomic mass is 9.88. The Morgan fingerprint density at radius 3 is 2.00 bits per heavy atom. The van der Waals surface area contributed by atoms with E-state index in [4.69, 9.17) is 4.74 Å². The molecule has 2 saturated heterocycles. The summed E-state index contributed by atoms with van der Waals surface area (Å²) in [6, 6.07) is 12.8. The van der Waals surface area contributed by atoms with Crippen LogP contribution in [-0.2, 0) is 4.74 Å². The van der Waals surface area contributed by atoms with Crippen molar-refractivity contribution in [3.05, 3.63) is 89.6 Å². The third-order valence-electron chi connectivity index (χ3n) is 6.58. The Morgan fingerprint density at radius 1 is 1.03 bits per heavy atom. The number of piperidine rings is 1. The lowest BCUT2D eigenvalue weighted by molar-refractivity contribution is 0.0151. The van der Waals surface area contributed by atoms with Crippen molar-refractivity contribution in [1.29, 1.82) is 0 Å². The number of hydrogen-bond donors (Lipinski definition) is 0. The second kappa shape index (κ2) is 9.48. The second-order valence-electron chi connectivity index (χ2n) is 9.03. The normalized spacial score (nSPS) is 18.2. The van der Waals surface area contributed by atoms with Gasteiger partial charge in [-0.05, 0) is 61.2 Å². The number of carbonyl (C=O) groups excluding carboxylic acids is 1. The summed E-state index contributed by atoms with van der Waals surface area (Å²) in [6.45, 7) is 10.6. The van der Waals surface area contributed by atoms with Gasteiger partial charge in [-0.1, -0.05) is 36.9 Å². The van der Waals surface area contributed by atoms with Crippen LogP contribution in [0.2, 0.25) is 0 Å². The molecule has 174 valence electrons. The first-order valence-corrected chi connectivity index (χ1v) is 11.4. The first kappa shape index (κ1) is 23.2. The molecule has 0 aliphatic carbocycles. The van der Waals surface area contributed by atoms with Crippen molar-refractivity contribution in [2.24, 2.45) is 0 Å². The summed E-state index contributed by atoms with van der Waals surface area (Å²) < 4.78 is 32.6. The minimum absolute atomic E-state index is 0.0314. The maximum Gasteiger partial charge on any atom is 0.415 e. The molecule has 0 radical (unpaired) electrons. The highest BCUT2D eigenvalue weighted by molar-refractivity contribution is 5.79. The highest BCUT2D eigenvalue weighted by Crippen LogP contribution is 2.41. The van der Waals surface area contributed by atoms with Gasteiger partial charge in [-0.25, -0.2) is 13.6 Å². The monoisotopic (exact) mass is 452 g/mol. The molecule has 1 spiro atoms. The summed E-state index contributed by atoms with van der Waals surface area (Å²) in [4.78, 5) is 16.3. The Morgan fingerprint density at radius 2 is 1.55 bits per heavy atom. The molecule has 2 aromatic carbocycles. The van der Waals surface area contributed by atoms with Crippen molar-refractivity contribution in [3.63, 3.8) is 0 Å². The summed E-state index contributed by atoms with van der Waals surface area (Å²) in [7, 11) is 0. The summed E-state index contributed by atoms with van der Waals surface area (Å²) in [6.07, 6.45) is 4.07. The maximum absolute atomic E-state index is 13.4. The van der Waals surface area contributed by atoms with Crippen LogP contribution in [0, 0.1) is 11.6 Å². The SMILES string of the molecule is C=C1N(C(C)C)C(=O)OC12CCN(CCC=C(c1ccc(F)cc1)c1ccc(F)cc1)CC2. The van der Waals surface area contributed by atoms with E-state index in [2.05, 4.69) is 17.6 Å². The Bertz CT molecular complexity index is 989. The molecular weight excluding hydrogens is 422 g/mol. The van der Waals surface area contributed by atoms with Crippen LogP contribution >= 0.6 is 0 Å². The van der Waals surface area contributed by atoms with Gasteiger partial charge < -0.3 is 9.64 Å². The summed E-state index contributed by atoms with van der Waals surface area (Å²) in [5, 5.41) is 0. The second-order valence-corrected chi connectivity index (χ2v) is 9.03. The molecule has 2 aliphatic rings. The number of benzene rings is 2. The van der Waals surface area contributed by atoms with Crippen LogP contribution in [0.1, 0.15) is 44.2 Å². The first-order valence-electron chi connectivity index (χ1n) is 11.4. The quantitative estimate of drug-likeness (QED) is 0.539. The van der Waals surface area contributed by atoms with Gasteiger partial charge in [0.2, 0.25) is 0 Å². The van der Waals surface area contributed by atoms with E-state index in [-0.39, 0.29) is 23.8 Å². The van der Waals surface area contributed by atoms with E-state index >= 15 is 0 Å². The molecule has 0 bridgehead atoms. The average molecular weight is 453 g/mol. The van der Waals surface area contributed by atoms with Crippen LogP contribution in [0.5, 0.6) is 0 Å². The molecule has 2 heterocycles. The topological polar surface area (TPSA) is 32.8 Å². The molecular formula is C27H30F2N2O2. The smallest absolute Gasteiger partial charge is 0.415 e. The lowest BCUT2D eigenvalue weighted by Gasteiger charge is -2.38. The number of carbonyl (C=O) groups is 1. The first-order chi connectivity index (χ1) is 15.8. The predicted octanol–water partition coefficient (Wildman–Crippen LogP) is 6.00. The van der Waals surface area contributed by atoms with E-state index < -0.39 is 5.60 Å². The zero-order valence-electron chi connectivity index (χ0n) is 19.2. The fraction of sp³-hybridized carbons (Fsp3) is 0.370. The third kappa shape index (κ3) is 4.86. The molecule has 2 fully saturated rings. The number of halogens is 2. The van der Waals surface area contributed by atoms with Gasteiger partial charge in [0.25, 0.3) is 0 Å².